The first kappa shape index (κ1) is 17.8. The Hall–Kier alpha value is -2.58. The molecule has 0 radical (unpaired) electrons. The zero-order valence-corrected chi connectivity index (χ0v) is 15.8. The second-order valence-electron chi connectivity index (χ2n) is 6.66. The lowest BCUT2D eigenvalue weighted by molar-refractivity contribution is 0.0674. The minimum atomic E-state index is -0.140. The Morgan fingerprint density at radius 1 is 1.44 bits per heavy atom. The number of aromatic nitrogens is 3. The van der Waals surface area contributed by atoms with Crippen molar-refractivity contribution < 1.29 is 9.90 Å². The molecule has 2 atom stereocenters. The third-order valence-electron chi connectivity index (χ3n) is 4.88. The second kappa shape index (κ2) is 7.58. The Morgan fingerprint density at radius 3 is 3.11 bits per heavy atom. The predicted molar refractivity (Wildman–Crippen MR) is 105 cm³/mol. The van der Waals surface area contributed by atoms with Gasteiger partial charge >= 0.3 is 0 Å². The molecule has 0 spiro atoms. The van der Waals surface area contributed by atoms with Gasteiger partial charge in [-0.3, -0.25) is 9.78 Å². The molecule has 1 aliphatic heterocycles. The fourth-order valence-corrected chi connectivity index (χ4v) is 4.22. The molecular weight excluding hydrogens is 362 g/mol. The number of carbonyl (C=O) groups is 1. The van der Waals surface area contributed by atoms with E-state index in [0.29, 0.717) is 18.2 Å². The molecule has 1 amide bonds. The number of aliphatic hydroxyl groups excluding tert-OH is 1. The standard InChI is InChI=1S/C19H21N5O2S/c1-12(13-4-2-7-20-10-13)21-19-22-15-6-9-27-17(15)16(23-19)18(26)24-8-3-5-14(24)11-25/h2,4,6-7,9-10,12,14,25H,3,5,8,11H2,1H3,(H,21,22,23). The van der Waals surface area contributed by atoms with Gasteiger partial charge in [0.25, 0.3) is 5.91 Å². The summed E-state index contributed by atoms with van der Waals surface area (Å²) in [6.45, 7) is 2.63. The fourth-order valence-electron chi connectivity index (χ4n) is 3.41. The highest BCUT2D eigenvalue weighted by Gasteiger charge is 2.31. The zero-order valence-electron chi connectivity index (χ0n) is 15.0. The first-order valence-electron chi connectivity index (χ1n) is 9.01. The van der Waals surface area contributed by atoms with Crippen molar-refractivity contribution in [1.82, 2.24) is 19.9 Å². The van der Waals surface area contributed by atoms with Crippen molar-refractivity contribution in [3.63, 3.8) is 0 Å². The van der Waals surface area contributed by atoms with Crippen LogP contribution in [0.25, 0.3) is 10.2 Å². The third kappa shape index (κ3) is 3.50. The quantitative estimate of drug-likeness (QED) is 0.704. The molecule has 0 saturated carbocycles. The van der Waals surface area contributed by atoms with E-state index in [1.807, 2.05) is 30.5 Å². The summed E-state index contributed by atoms with van der Waals surface area (Å²) in [5.41, 5.74) is 2.16. The molecule has 2 unspecified atom stereocenters. The molecule has 3 aromatic rings. The van der Waals surface area contributed by atoms with Gasteiger partial charge in [-0.05, 0) is 42.8 Å². The van der Waals surface area contributed by atoms with E-state index in [9.17, 15) is 9.90 Å². The van der Waals surface area contributed by atoms with Gasteiger partial charge in [-0.2, -0.15) is 0 Å². The van der Waals surface area contributed by atoms with E-state index < -0.39 is 0 Å². The summed E-state index contributed by atoms with van der Waals surface area (Å²) in [5, 5.41) is 14.8. The highest BCUT2D eigenvalue weighted by molar-refractivity contribution is 7.17. The maximum Gasteiger partial charge on any atom is 0.274 e. The molecule has 0 aromatic carbocycles. The summed E-state index contributed by atoms with van der Waals surface area (Å²) >= 11 is 1.46. The highest BCUT2D eigenvalue weighted by atomic mass is 32.1. The van der Waals surface area contributed by atoms with Crippen molar-refractivity contribution >= 4 is 33.4 Å². The number of fused-ring (bicyclic) bond motifs is 1. The zero-order chi connectivity index (χ0) is 18.8. The van der Waals surface area contributed by atoms with Crippen molar-refractivity contribution in [3.8, 4) is 0 Å². The molecule has 140 valence electrons. The van der Waals surface area contributed by atoms with Gasteiger partial charge in [-0.15, -0.1) is 11.3 Å². The molecule has 27 heavy (non-hydrogen) atoms. The van der Waals surface area contributed by atoms with Crippen LogP contribution in [0.15, 0.2) is 36.0 Å². The molecule has 0 aliphatic carbocycles. The van der Waals surface area contributed by atoms with Crippen molar-refractivity contribution in [2.24, 2.45) is 0 Å². The number of likely N-dealkylation sites (tertiary alicyclic amines) is 1. The fraction of sp³-hybridized carbons (Fsp3) is 0.368. The van der Waals surface area contributed by atoms with Gasteiger partial charge in [-0.25, -0.2) is 9.97 Å². The average molecular weight is 383 g/mol. The number of aliphatic hydroxyl groups is 1. The molecular formula is C19H21N5O2S. The van der Waals surface area contributed by atoms with Crippen LogP contribution in [-0.4, -0.2) is 50.1 Å². The maximum atomic E-state index is 13.1. The Kier molecular flexibility index (Phi) is 5.00. The summed E-state index contributed by atoms with van der Waals surface area (Å²) < 4.78 is 0.781. The molecule has 2 N–H and O–H groups in total. The van der Waals surface area contributed by atoms with Gasteiger partial charge in [0.15, 0.2) is 5.69 Å². The number of anilines is 1. The van der Waals surface area contributed by atoms with E-state index in [4.69, 9.17) is 0 Å². The van der Waals surface area contributed by atoms with Gasteiger partial charge in [-0.1, -0.05) is 6.07 Å². The van der Waals surface area contributed by atoms with Crippen molar-refractivity contribution in [3.05, 3.63) is 47.2 Å². The Balaban J connectivity index is 1.67. The van der Waals surface area contributed by atoms with Crippen LogP contribution < -0.4 is 5.32 Å². The molecule has 4 rings (SSSR count). The smallest absolute Gasteiger partial charge is 0.274 e. The van der Waals surface area contributed by atoms with Crippen LogP contribution in [0.2, 0.25) is 0 Å². The molecule has 1 fully saturated rings. The van der Waals surface area contributed by atoms with Crippen LogP contribution in [-0.2, 0) is 0 Å². The van der Waals surface area contributed by atoms with Crippen molar-refractivity contribution in [1.29, 1.82) is 0 Å². The summed E-state index contributed by atoms with van der Waals surface area (Å²) in [6.07, 6.45) is 5.25. The van der Waals surface area contributed by atoms with Crippen LogP contribution in [0.1, 0.15) is 41.9 Å². The van der Waals surface area contributed by atoms with E-state index in [0.717, 1.165) is 28.6 Å². The molecule has 4 heterocycles. The number of nitrogens with zero attached hydrogens (tertiary/aromatic N) is 4. The number of rotatable bonds is 5. The van der Waals surface area contributed by atoms with Crippen LogP contribution in [0, 0.1) is 0 Å². The number of nitrogens with one attached hydrogen (secondary N) is 1. The number of thiophene rings is 1. The third-order valence-corrected chi connectivity index (χ3v) is 5.80. The van der Waals surface area contributed by atoms with Gasteiger partial charge in [0.2, 0.25) is 5.95 Å². The molecule has 3 aromatic heterocycles. The van der Waals surface area contributed by atoms with Crippen LogP contribution in [0.5, 0.6) is 0 Å². The van der Waals surface area contributed by atoms with Gasteiger partial charge < -0.3 is 15.3 Å². The van der Waals surface area contributed by atoms with Crippen molar-refractivity contribution in [2.75, 3.05) is 18.5 Å². The first-order chi connectivity index (χ1) is 13.2. The SMILES string of the molecule is CC(Nc1nc(C(=O)N2CCCC2CO)c2sccc2n1)c1cccnc1. The van der Waals surface area contributed by atoms with E-state index in [1.165, 1.54) is 11.3 Å². The molecule has 7 nitrogen and oxygen atoms in total. The predicted octanol–water partition coefficient (Wildman–Crippen LogP) is 2.86. The summed E-state index contributed by atoms with van der Waals surface area (Å²) in [7, 11) is 0. The Bertz CT molecular complexity index is 946. The summed E-state index contributed by atoms with van der Waals surface area (Å²) in [5.74, 6) is 0.277. The summed E-state index contributed by atoms with van der Waals surface area (Å²) in [6, 6.07) is 5.58. The number of hydrogen-bond acceptors (Lipinski definition) is 7. The minimum absolute atomic E-state index is 0.0203. The van der Waals surface area contributed by atoms with Crippen molar-refractivity contribution in [2.45, 2.75) is 31.8 Å². The lowest BCUT2D eigenvalue weighted by atomic mass is 10.1. The lowest BCUT2D eigenvalue weighted by Crippen LogP contribution is -2.38. The van der Waals surface area contributed by atoms with E-state index in [-0.39, 0.29) is 24.6 Å². The molecule has 8 heteroatoms. The number of pyridine rings is 1. The van der Waals surface area contributed by atoms with E-state index >= 15 is 0 Å². The highest BCUT2D eigenvalue weighted by Crippen LogP contribution is 2.28. The van der Waals surface area contributed by atoms with Crippen LogP contribution in [0.3, 0.4) is 0 Å². The first-order valence-corrected chi connectivity index (χ1v) is 9.89. The molecule has 1 aliphatic rings. The average Bonchev–Trinajstić information content (AvgIpc) is 3.36. The second-order valence-corrected chi connectivity index (χ2v) is 7.58. The maximum absolute atomic E-state index is 13.1. The van der Waals surface area contributed by atoms with Crippen LogP contribution >= 0.6 is 11.3 Å². The van der Waals surface area contributed by atoms with Gasteiger partial charge in [0, 0.05) is 18.9 Å². The number of hydrogen-bond donors (Lipinski definition) is 2. The van der Waals surface area contributed by atoms with Crippen LogP contribution in [0.4, 0.5) is 5.95 Å². The topological polar surface area (TPSA) is 91.2 Å². The monoisotopic (exact) mass is 383 g/mol. The van der Waals surface area contributed by atoms with Gasteiger partial charge in [0.1, 0.15) is 0 Å². The van der Waals surface area contributed by atoms with E-state index in [2.05, 4.69) is 20.3 Å². The number of amides is 1. The Morgan fingerprint density at radius 2 is 2.33 bits per heavy atom. The molecule has 0 bridgehead atoms. The minimum Gasteiger partial charge on any atom is -0.394 e. The normalized spacial score (nSPS) is 18.0. The van der Waals surface area contributed by atoms with E-state index in [1.54, 1.807) is 17.3 Å². The Labute approximate surface area is 161 Å². The molecule has 1 saturated heterocycles. The lowest BCUT2D eigenvalue weighted by Gasteiger charge is -2.23. The summed E-state index contributed by atoms with van der Waals surface area (Å²) in [4.78, 5) is 28.1. The van der Waals surface area contributed by atoms with Gasteiger partial charge in [0.05, 0.1) is 28.9 Å². The number of carbonyl (C=O) groups excluding carboxylic acids is 1. The largest absolute Gasteiger partial charge is 0.394 e.